The quantitative estimate of drug-likeness (QED) is 0.100. The average molecular weight is 909 g/mol. The molecule has 350 valence electrons. The number of aromatic nitrogens is 4. The third-order valence-electron chi connectivity index (χ3n) is 15.9. The number of likely N-dealkylation sites (tertiary alicyclic amines) is 2. The standard InChI is InChI=1S/C52H60N8O7/c1-25(2)43(57-51(63)65-5)49(61)59-32-14-11-30(21-32)45(59)47-53-24-38(56-47)28-9-7-27(8-10-28)34-16-17-35(42-40-20-19-39(67-40)41(34)42)29-13-18-36-37(23-29)55-48(54-36)46-31-12-15-33(22-31)60(46)50(62)44(26(3)4)58-52(64)66-6/h7-10,13,16-18,23-26,30-33,39-40,43-46H,11-12,14-15,19-22H2,1-6H3,(H,53,56)(H,54,55)(H,57,63)(H,58,64)/t30?,31?,32?,33?,39?,40?,43-,44-,45?,46-/m0/s1. The number of ether oxygens (including phenoxy) is 3. The Labute approximate surface area is 390 Å². The van der Waals surface area contributed by atoms with Crippen LogP contribution in [0, 0.1) is 23.7 Å². The summed E-state index contributed by atoms with van der Waals surface area (Å²) in [6, 6.07) is 18.0. The Kier molecular flexibility index (Phi) is 10.9. The molecule has 6 aliphatic rings. The molecule has 3 saturated heterocycles. The van der Waals surface area contributed by atoms with Gasteiger partial charge in [-0.3, -0.25) is 9.59 Å². The molecule has 5 fully saturated rings. The zero-order chi connectivity index (χ0) is 46.4. The van der Waals surface area contributed by atoms with Crippen LogP contribution in [0.4, 0.5) is 9.59 Å². The molecule has 10 atom stereocenters. The number of carbonyl (C=O) groups is 4. The van der Waals surface area contributed by atoms with Crippen molar-refractivity contribution >= 4 is 35.0 Å². The largest absolute Gasteiger partial charge is 0.453 e. The summed E-state index contributed by atoms with van der Waals surface area (Å²) in [6.07, 6.45) is 8.50. The Balaban J connectivity index is 0.853. The lowest BCUT2D eigenvalue weighted by atomic mass is 9.81. The minimum Gasteiger partial charge on any atom is -0.453 e. The fraction of sp³-hybridized carbons (Fsp3) is 0.500. The molecule has 0 spiro atoms. The second-order valence-corrected chi connectivity index (χ2v) is 20.3. The highest BCUT2D eigenvalue weighted by Crippen LogP contribution is 2.57. The van der Waals surface area contributed by atoms with Gasteiger partial charge in [0.15, 0.2) is 0 Å². The molecule has 2 saturated carbocycles. The second-order valence-electron chi connectivity index (χ2n) is 20.3. The number of hydrogen-bond acceptors (Lipinski definition) is 9. The predicted molar refractivity (Wildman–Crippen MR) is 250 cm³/mol. The Morgan fingerprint density at radius 1 is 0.657 bits per heavy atom. The third-order valence-corrected chi connectivity index (χ3v) is 15.9. The number of fused-ring (bicyclic) bond motifs is 10. The summed E-state index contributed by atoms with van der Waals surface area (Å²) in [7, 11) is 2.63. The first-order valence-electron chi connectivity index (χ1n) is 24.2. The van der Waals surface area contributed by atoms with Crippen LogP contribution in [0.5, 0.6) is 0 Å². The Morgan fingerprint density at radius 3 is 1.73 bits per heavy atom. The number of nitrogens with one attached hydrogen (secondary N) is 4. The van der Waals surface area contributed by atoms with Crippen LogP contribution >= 0.6 is 0 Å². The second kappa shape index (κ2) is 16.8. The SMILES string of the molecule is COC(=O)N[C@H](C(=O)N1C2CCC(C2)C1c1ncc(-c2ccc(-c3ccc(-c4ccc5nc([C@@H]6C7CCC(C7)N6C(=O)[C@@H](NC(=O)OC)C(C)C)[nH]c5c4)c4c3C3CCC4O3)cc2)[nH]1)C(C)C. The van der Waals surface area contributed by atoms with Crippen LogP contribution in [0.2, 0.25) is 0 Å². The van der Waals surface area contributed by atoms with Crippen LogP contribution in [0.25, 0.3) is 44.5 Å². The summed E-state index contributed by atoms with van der Waals surface area (Å²) < 4.78 is 16.4. The van der Waals surface area contributed by atoms with Crippen LogP contribution < -0.4 is 10.6 Å². The number of imidazole rings is 2. The molecule has 4 amide bonds. The zero-order valence-electron chi connectivity index (χ0n) is 39.0. The van der Waals surface area contributed by atoms with E-state index in [0.717, 1.165) is 102 Å². The fourth-order valence-corrected chi connectivity index (χ4v) is 12.7. The van der Waals surface area contributed by atoms with E-state index in [0.29, 0.717) is 11.8 Å². The number of piperidine rings is 2. The molecule has 15 nitrogen and oxygen atoms in total. The van der Waals surface area contributed by atoms with Crippen LogP contribution in [-0.4, -0.2) is 92.1 Å². The Bertz CT molecular complexity index is 2760. The van der Waals surface area contributed by atoms with Crippen molar-refractivity contribution < 1.29 is 33.4 Å². The van der Waals surface area contributed by atoms with Crippen molar-refractivity contribution in [1.82, 2.24) is 40.4 Å². The summed E-state index contributed by atoms with van der Waals surface area (Å²) in [6.45, 7) is 7.75. The lowest BCUT2D eigenvalue weighted by Crippen LogP contribution is -2.54. The van der Waals surface area contributed by atoms with E-state index < -0.39 is 24.3 Å². The van der Waals surface area contributed by atoms with Gasteiger partial charge in [-0.25, -0.2) is 19.6 Å². The molecule has 7 unspecified atom stereocenters. The summed E-state index contributed by atoms with van der Waals surface area (Å²) >= 11 is 0. The van der Waals surface area contributed by atoms with Crippen LogP contribution in [0.15, 0.2) is 60.8 Å². The van der Waals surface area contributed by atoms with Crippen molar-refractivity contribution in [2.45, 2.75) is 128 Å². The summed E-state index contributed by atoms with van der Waals surface area (Å²) in [4.78, 5) is 73.9. The van der Waals surface area contributed by atoms with Crippen molar-refractivity contribution in [3.63, 3.8) is 0 Å². The van der Waals surface area contributed by atoms with Crippen molar-refractivity contribution in [3.05, 3.63) is 83.6 Å². The topological polar surface area (TPSA) is 184 Å². The van der Waals surface area contributed by atoms with Crippen molar-refractivity contribution in [2.24, 2.45) is 23.7 Å². The number of alkyl carbamates (subject to hydrolysis) is 2. The number of H-pyrrole nitrogens is 2. The molecular weight excluding hydrogens is 849 g/mol. The Hall–Kier alpha value is -6.22. The van der Waals surface area contributed by atoms with Gasteiger partial charge in [0.05, 0.1) is 61.4 Å². The van der Waals surface area contributed by atoms with Gasteiger partial charge in [-0.05, 0) is 126 Å². The van der Waals surface area contributed by atoms with Gasteiger partial charge >= 0.3 is 12.2 Å². The molecule has 4 aliphatic heterocycles. The minimum atomic E-state index is -0.693. The molecular formula is C52H60N8O7. The van der Waals surface area contributed by atoms with E-state index in [4.69, 9.17) is 24.2 Å². The van der Waals surface area contributed by atoms with Gasteiger partial charge in [0.25, 0.3) is 0 Å². The molecule has 67 heavy (non-hydrogen) atoms. The smallest absolute Gasteiger partial charge is 0.407 e. The van der Waals surface area contributed by atoms with Gasteiger partial charge < -0.3 is 44.6 Å². The molecule has 15 heteroatoms. The van der Waals surface area contributed by atoms with E-state index in [1.165, 1.54) is 30.9 Å². The maximum absolute atomic E-state index is 14.2. The number of benzene rings is 3. The zero-order valence-corrected chi connectivity index (χ0v) is 39.0. The van der Waals surface area contributed by atoms with E-state index in [-0.39, 0.29) is 60.0 Å². The normalized spacial score (nSPS) is 26.4. The highest BCUT2D eigenvalue weighted by molar-refractivity contribution is 5.89. The molecule has 6 heterocycles. The maximum atomic E-state index is 14.2. The average Bonchev–Trinajstić information content (AvgIpc) is 4.21. The van der Waals surface area contributed by atoms with E-state index in [1.54, 1.807) is 0 Å². The van der Waals surface area contributed by atoms with Crippen molar-refractivity contribution in [1.29, 1.82) is 0 Å². The lowest BCUT2D eigenvalue weighted by Gasteiger charge is -2.37. The van der Waals surface area contributed by atoms with E-state index >= 15 is 0 Å². The molecule has 6 bridgehead atoms. The van der Waals surface area contributed by atoms with Gasteiger partial charge in [0, 0.05) is 12.1 Å². The first-order valence-corrected chi connectivity index (χ1v) is 24.2. The van der Waals surface area contributed by atoms with Gasteiger partial charge in [-0.1, -0.05) is 70.2 Å². The number of hydrogen-bond donors (Lipinski definition) is 4. The van der Waals surface area contributed by atoms with Gasteiger partial charge in [0.2, 0.25) is 11.8 Å². The first-order chi connectivity index (χ1) is 32.4. The number of methoxy groups -OCH3 is 2. The van der Waals surface area contributed by atoms with Crippen LogP contribution in [-0.2, 0) is 23.8 Å². The molecule has 2 aliphatic carbocycles. The van der Waals surface area contributed by atoms with Gasteiger partial charge in [-0.15, -0.1) is 0 Å². The number of aromatic amines is 2. The predicted octanol–water partition coefficient (Wildman–Crippen LogP) is 9.06. The third kappa shape index (κ3) is 7.26. The lowest BCUT2D eigenvalue weighted by molar-refractivity contribution is -0.140. The number of rotatable bonds is 11. The molecule has 0 radical (unpaired) electrons. The summed E-state index contributed by atoms with van der Waals surface area (Å²) in [5, 5.41) is 5.57. The molecule has 5 aromatic rings. The monoisotopic (exact) mass is 908 g/mol. The fourth-order valence-electron chi connectivity index (χ4n) is 12.7. The molecule has 3 aromatic carbocycles. The minimum absolute atomic E-state index is 0.0242. The number of carbonyl (C=O) groups excluding carboxylic acids is 4. The van der Waals surface area contributed by atoms with Gasteiger partial charge in [0.1, 0.15) is 23.7 Å². The highest BCUT2D eigenvalue weighted by atomic mass is 16.5. The van der Waals surface area contributed by atoms with Crippen LogP contribution in [0.1, 0.15) is 126 Å². The summed E-state index contributed by atoms with van der Waals surface area (Å²) in [5.74, 6) is 1.77. The van der Waals surface area contributed by atoms with Crippen molar-refractivity contribution in [2.75, 3.05) is 14.2 Å². The van der Waals surface area contributed by atoms with Crippen molar-refractivity contribution in [3.8, 4) is 33.5 Å². The number of nitrogens with zero attached hydrogens (tertiary/aromatic N) is 4. The van der Waals surface area contributed by atoms with Crippen LogP contribution in [0.3, 0.4) is 0 Å². The van der Waals surface area contributed by atoms with E-state index in [1.807, 2.05) is 43.7 Å². The maximum Gasteiger partial charge on any atom is 0.407 e. The van der Waals surface area contributed by atoms with Gasteiger partial charge in [-0.2, -0.15) is 0 Å². The molecule has 4 N–H and O–H groups in total. The number of amides is 4. The Morgan fingerprint density at radius 2 is 1.18 bits per heavy atom. The van der Waals surface area contributed by atoms with E-state index in [2.05, 4.69) is 75.2 Å². The summed E-state index contributed by atoms with van der Waals surface area (Å²) in [5.41, 5.74) is 10.7. The highest BCUT2D eigenvalue weighted by Gasteiger charge is 2.53. The molecule has 2 aromatic heterocycles. The molecule has 11 rings (SSSR count). The van der Waals surface area contributed by atoms with E-state index in [9.17, 15) is 19.2 Å². The first kappa shape index (κ1) is 43.4.